The van der Waals surface area contributed by atoms with Crippen LogP contribution in [-0.2, 0) is 6.18 Å². The lowest BCUT2D eigenvalue weighted by Crippen LogP contribution is -2.31. The molecule has 0 unspecified atom stereocenters. The summed E-state index contributed by atoms with van der Waals surface area (Å²) in [6, 6.07) is 9.62. The van der Waals surface area contributed by atoms with Crippen molar-refractivity contribution in [1.82, 2.24) is 0 Å². The SMILES string of the molecule is N#CC(C#N)=c1c(F)c(C#N)/c(=C(\C#N)c2c(C#N)cc(C#N)cc2C(F)(F)F)c(F)c1C#N. The Morgan fingerprint density at radius 1 is 0.676 bits per heavy atom. The minimum absolute atomic E-state index is 0.268. The first-order valence-corrected chi connectivity index (χ1v) is 8.41. The molecule has 0 atom stereocenters. The molecule has 0 amide bonds. The lowest BCUT2D eigenvalue weighted by molar-refractivity contribution is -0.137. The monoisotopic (exact) mass is 459 g/mol. The zero-order valence-electron chi connectivity index (χ0n) is 16.2. The molecule has 2 rings (SSSR count). The molecule has 0 aromatic heterocycles. The zero-order chi connectivity index (χ0) is 25.8. The van der Waals surface area contributed by atoms with Crippen LogP contribution in [0.25, 0.3) is 11.1 Å². The average molecular weight is 459 g/mol. The van der Waals surface area contributed by atoms with Crippen molar-refractivity contribution in [2.24, 2.45) is 0 Å². The molecule has 2 aromatic carbocycles. The van der Waals surface area contributed by atoms with Crippen molar-refractivity contribution in [3.05, 3.63) is 67.6 Å². The van der Waals surface area contributed by atoms with E-state index in [-0.39, 0.29) is 6.07 Å². The van der Waals surface area contributed by atoms with Crippen molar-refractivity contribution >= 4 is 11.1 Å². The van der Waals surface area contributed by atoms with Crippen LogP contribution in [0.15, 0.2) is 12.1 Å². The van der Waals surface area contributed by atoms with Crippen LogP contribution in [0.2, 0.25) is 0 Å². The average Bonchev–Trinajstić information content (AvgIpc) is 2.82. The summed E-state index contributed by atoms with van der Waals surface area (Å²) in [5.74, 6) is -3.67. The maximum absolute atomic E-state index is 15.4. The predicted molar refractivity (Wildman–Crippen MR) is 98.7 cm³/mol. The van der Waals surface area contributed by atoms with Crippen LogP contribution in [-0.4, -0.2) is 0 Å². The third-order valence-corrected chi connectivity index (χ3v) is 4.38. The Balaban J connectivity index is 3.51. The van der Waals surface area contributed by atoms with Gasteiger partial charge in [-0.3, -0.25) is 0 Å². The molecular weight excluding hydrogens is 457 g/mol. The Morgan fingerprint density at radius 2 is 1.21 bits per heavy atom. The van der Waals surface area contributed by atoms with Crippen molar-refractivity contribution in [3.63, 3.8) is 0 Å². The smallest absolute Gasteiger partial charge is 0.205 e. The van der Waals surface area contributed by atoms with Crippen molar-refractivity contribution in [2.45, 2.75) is 6.18 Å². The van der Waals surface area contributed by atoms with Gasteiger partial charge in [0.15, 0.2) is 11.6 Å². The lowest BCUT2D eigenvalue weighted by Gasteiger charge is -2.15. The van der Waals surface area contributed by atoms with Gasteiger partial charge in [0.05, 0.1) is 44.8 Å². The molecule has 0 aliphatic heterocycles. The predicted octanol–water partition coefficient (Wildman–Crippen LogP) is 2.39. The van der Waals surface area contributed by atoms with Gasteiger partial charge >= 0.3 is 6.18 Å². The first-order valence-electron chi connectivity index (χ1n) is 8.41. The quantitative estimate of drug-likeness (QED) is 0.590. The van der Waals surface area contributed by atoms with Crippen molar-refractivity contribution in [1.29, 1.82) is 36.8 Å². The number of hydrogen-bond donors (Lipinski definition) is 0. The fourth-order valence-electron chi connectivity index (χ4n) is 3.03. The van der Waals surface area contributed by atoms with Gasteiger partial charge in [0.1, 0.15) is 47.0 Å². The van der Waals surface area contributed by atoms with Gasteiger partial charge in [0, 0.05) is 5.56 Å². The fraction of sp³-hybridized carbons (Fsp3) is 0.0455. The van der Waals surface area contributed by atoms with Crippen LogP contribution in [0.5, 0.6) is 0 Å². The molecule has 34 heavy (non-hydrogen) atoms. The minimum Gasteiger partial charge on any atom is -0.205 e. The van der Waals surface area contributed by atoms with Gasteiger partial charge < -0.3 is 0 Å². The van der Waals surface area contributed by atoms with Gasteiger partial charge in [0.2, 0.25) is 0 Å². The van der Waals surface area contributed by atoms with Gasteiger partial charge in [-0.15, -0.1) is 0 Å². The van der Waals surface area contributed by atoms with E-state index in [2.05, 4.69) is 0 Å². The second kappa shape index (κ2) is 9.18. The molecular formula is C22H2F5N7. The van der Waals surface area contributed by atoms with E-state index in [9.17, 15) is 34.2 Å². The van der Waals surface area contributed by atoms with E-state index < -0.39 is 72.8 Å². The Kier molecular flexibility index (Phi) is 6.62. The molecule has 0 aliphatic rings. The first-order chi connectivity index (χ1) is 16.1. The highest BCUT2D eigenvalue weighted by molar-refractivity contribution is 5.84. The van der Waals surface area contributed by atoms with Crippen LogP contribution in [0.1, 0.15) is 33.4 Å². The second-order valence-corrected chi connectivity index (χ2v) is 6.10. The van der Waals surface area contributed by atoms with E-state index >= 15 is 8.78 Å². The molecule has 0 N–H and O–H groups in total. The van der Waals surface area contributed by atoms with Crippen molar-refractivity contribution < 1.29 is 22.0 Å². The summed E-state index contributed by atoms with van der Waals surface area (Å²) in [5.41, 5.74) is -9.69. The first kappa shape index (κ1) is 24.5. The van der Waals surface area contributed by atoms with E-state index in [1.165, 1.54) is 36.4 Å². The molecule has 0 radical (unpaired) electrons. The van der Waals surface area contributed by atoms with E-state index in [0.29, 0.717) is 6.07 Å². The van der Waals surface area contributed by atoms with E-state index in [1.54, 1.807) is 0 Å². The van der Waals surface area contributed by atoms with Gasteiger partial charge in [-0.1, -0.05) is 0 Å². The highest BCUT2D eigenvalue weighted by atomic mass is 19.4. The molecule has 2 aromatic rings. The van der Waals surface area contributed by atoms with Gasteiger partial charge in [0.25, 0.3) is 0 Å². The van der Waals surface area contributed by atoms with Crippen LogP contribution < -0.4 is 10.4 Å². The van der Waals surface area contributed by atoms with E-state index in [0.717, 1.165) is 6.07 Å². The highest BCUT2D eigenvalue weighted by Gasteiger charge is 2.37. The van der Waals surface area contributed by atoms with Gasteiger partial charge in [-0.25, -0.2) is 8.78 Å². The molecule has 160 valence electrons. The fourth-order valence-corrected chi connectivity index (χ4v) is 3.03. The van der Waals surface area contributed by atoms with E-state index in [4.69, 9.17) is 15.8 Å². The number of alkyl halides is 3. The van der Waals surface area contributed by atoms with Crippen molar-refractivity contribution in [2.75, 3.05) is 0 Å². The maximum Gasteiger partial charge on any atom is 0.417 e. The van der Waals surface area contributed by atoms with Crippen LogP contribution in [0.3, 0.4) is 0 Å². The summed E-state index contributed by atoms with van der Waals surface area (Å²) in [7, 11) is 0. The number of nitrogens with zero attached hydrogens (tertiary/aromatic N) is 7. The van der Waals surface area contributed by atoms with Gasteiger partial charge in [-0.05, 0) is 12.1 Å². The van der Waals surface area contributed by atoms with Crippen LogP contribution >= 0.6 is 0 Å². The Hall–Kier alpha value is -5.74. The molecule has 0 bridgehead atoms. The second-order valence-electron chi connectivity index (χ2n) is 6.10. The summed E-state index contributed by atoms with van der Waals surface area (Å²) in [6.07, 6.45) is -5.29. The third-order valence-electron chi connectivity index (χ3n) is 4.38. The molecule has 0 heterocycles. The number of halogens is 5. The third kappa shape index (κ3) is 3.82. The summed E-state index contributed by atoms with van der Waals surface area (Å²) in [6.45, 7) is 0. The molecule has 0 saturated carbocycles. The molecule has 0 saturated heterocycles. The molecule has 0 spiro atoms. The summed E-state index contributed by atoms with van der Waals surface area (Å²) in [4.78, 5) is 0. The molecule has 0 fully saturated rings. The standard InChI is InChI=1S/C22H2F5N7/c23-20-15(9-34)19(21(24)14(8-33)18(20)12(5-30)6-31)13(7-32)17-11(4-29)1-10(3-28)2-16(17)22(25,26)27/h1-2H/b19-13-. The number of benzene rings is 2. The molecule has 0 aliphatic carbocycles. The summed E-state index contributed by atoms with van der Waals surface area (Å²) < 4.78 is 71.8. The highest BCUT2D eigenvalue weighted by Crippen LogP contribution is 2.37. The van der Waals surface area contributed by atoms with Crippen LogP contribution in [0, 0.1) is 91.0 Å². The number of nitriles is 7. The molecule has 12 heteroatoms. The molecule has 7 nitrogen and oxygen atoms in total. The van der Waals surface area contributed by atoms with Crippen molar-refractivity contribution in [3.8, 4) is 42.5 Å². The number of rotatable bonds is 1. The van der Waals surface area contributed by atoms with E-state index in [1.807, 2.05) is 0 Å². The Labute approximate surface area is 186 Å². The topological polar surface area (TPSA) is 167 Å². The Morgan fingerprint density at radius 3 is 1.62 bits per heavy atom. The normalized spacial score (nSPS) is 10.8. The summed E-state index contributed by atoms with van der Waals surface area (Å²) >= 11 is 0. The maximum atomic E-state index is 15.4. The minimum atomic E-state index is -5.29. The Bertz CT molecular complexity index is 1670. The largest absolute Gasteiger partial charge is 0.417 e. The van der Waals surface area contributed by atoms with Crippen LogP contribution in [0.4, 0.5) is 22.0 Å². The van der Waals surface area contributed by atoms with Gasteiger partial charge in [-0.2, -0.15) is 50.0 Å². The number of hydrogen-bond acceptors (Lipinski definition) is 7. The summed E-state index contributed by atoms with van der Waals surface area (Å²) in [5, 5.41) is 62.0. The zero-order valence-corrected chi connectivity index (χ0v) is 16.2. The lowest BCUT2D eigenvalue weighted by atomic mass is 9.89.